The Hall–Kier alpha value is -1.17. The average Bonchev–Trinajstić information content (AvgIpc) is 2.02. The molecule has 2 atom stereocenters. The molecule has 0 aliphatic heterocycles. The van der Waals surface area contributed by atoms with Crippen molar-refractivity contribution in [2.75, 3.05) is 6.61 Å². The fourth-order valence-electron chi connectivity index (χ4n) is 0.540. The van der Waals surface area contributed by atoms with Crippen LogP contribution in [0.5, 0.6) is 0 Å². The van der Waals surface area contributed by atoms with Crippen molar-refractivity contribution in [1.29, 1.82) is 0 Å². The van der Waals surface area contributed by atoms with Crippen molar-refractivity contribution in [3.8, 4) is 0 Å². The van der Waals surface area contributed by atoms with Crippen LogP contribution in [-0.4, -0.2) is 34.8 Å². The summed E-state index contributed by atoms with van der Waals surface area (Å²) in [5.41, 5.74) is 0. The Labute approximate surface area is 69.3 Å². The van der Waals surface area contributed by atoms with Gasteiger partial charge in [0.2, 0.25) is 12.1 Å². The lowest BCUT2D eigenvalue weighted by Gasteiger charge is -2.10. The molecule has 12 heavy (non-hydrogen) atoms. The first kappa shape index (κ1) is 10.8. The predicted molar refractivity (Wildman–Crippen MR) is 39.1 cm³/mol. The number of nitro groups is 1. The summed E-state index contributed by atoms with van der Waals surface area (Å²) in [6.07, 6.45) is -1.68. The average molecular weight is 177 g/mol. The number of aliphatic hydroxyl groups is 1. The molecule has 6 heteroatoms. The molecule has 0 heterocycles. The van der Waals surface area contributed by atoms with Crippen LogP contribution in [0.2, 0.25) is 0 Å². The molecule has 0 aromatic heterocycles. The van der Waals surface area contributed by atoms with Gasteiger partial charge in [-0.1, -0.05) is 0 Å². The van der Waals surface area contributed by atoms with Crippen molar-refractivity contribution >= 4 is 5.97 Å². The van der Waals surface area contributed by atoms with E-state index in [-0.39, 0.29) is 6.61 Å². The van der Waals surface area contributed by atoms with Gasteiger partial charge in [0.05, 0.1) is 6.61 Å². The summed E-state index contributed by atoms with van der Waals surface area (Å²) in [6.45, 7) is 2.80. The summed E-state index contributed by atoms with van der Waals surface area (Å²) in [5.74, 6) is -0.957. The third-order valence-corrected chi connectivity index (χ3v) is 1.32. The standard InChI is InChI=1S/C6H11NO5/c1-3-12-6(9)5(8)4(2)7(10)11/h4-5,8H,3H2,1-2H3. The number of carbonyl (C=O) groups excluding carboxylic acids is 1. The highest BCUT2D eigenvalue weighted by atomic mass is 16.6. The summed E-state index contributed by atoms with van der Waals surface area (Å²) < 4.78 is 4.38. The molecule has 0 radical (unpaired) electrons. The van der Waals surface area contributed by atoms with Crippen molar-refractivity contribution in [2.24, 2.45) is 0 Å². The van der Waals surface area contributed by atoms with Crippen molar-refractivity contribution < 1.29 is 19.6 Å². The third kappa shape index (κ3) is 2.83. The maximum atomic E-state index is 10.7. The van der Waals surface area contributed by atoms with E-state index in [1.165, 1.54) is 0 Å². The van der Waals surface area contributed by atoms with Gasteiger partial charge in [-0.05, 0) is 6.92 Å². The fourth-order valence-corrected chi connectivity index (χ4v) is 0.540. The minimum absolute atomic E-state index is 0.0975. The van der Waals surface area contributed by atoms with E-state index in [0.29, 0.717) is 0 Å². The van der Waals surface area contributed by atoms with Crippen LogP contribution in [0, 0.1) is 10.1 Å². The maximum Gasteiger partial charge on any atom is 0.342 e. The highest BCUT2D eigenvalue weighted by Gasteiger charge is 2.31. The zero-order valence-corrected chi connectivity index (χ0v) is 6.89. The SMILES string of the molecule is CCOC(=O)C(O)C(C)[N+](=O)[O-]. The minimum Gasteiger partial charge on any atom is -0.464 e. The number of rotatable bonds is 4. The first-order valence-electron chi connectivity index (χ1n) is 3.48. The Kier molecular flexibility index (Phi) is 4.20. The van der Waals surface area contributed by atoms with Gasteiger partial charge in [0, 0.05) is 11.8 Å². The van der Waals surface area contributed by atoms with E-state index >= 15 is 0 Å². The smallest absolute Gasteiger partial charge is 0.342 e. The normalized spacial score (nSPS) is 14.9. The highest BCUT2D eigenvalue weighted by molar-refractivity contribution is 5.74. The molecule has 0 aromatic carbocycles. The molecule has 0 aromatic rings. The van der Waals surface area contributed by atoms with Crippen molar-refractivity contribution in [1.82, 2.24) is 0 Å². The first-order valence-corrected chi connectivity index (χ1v) is 3.48. The van der Waals surface area contributed by atoms with E-state index in [2.05, 4.69) is 4.74 Å². The van der Waals surface area contributed by atoms with E-state index < -0.39 is 23.0 Å². The number of hydrogen-bond acceptors (Lipinski definition) is 5. The topological polar surface area (TPSA) is 89.7 Å². The summed E-state index contributed by atoms with van der Waals surface area (Å²) in [4.78, 5) is 20.1. The first-order chi connectivity index (χ1) is 5.50. The molecule has 0 rings (SSSR count). The predicted octanol–water partition coefficient (Wildman–Crippen LogP) is -0.424. The van der Waals surface area contributed by atoms with Crippen molar-refractivity contribution in [2.45, 2.75) is 26.0 Å². The fraction of sp³-hybridized carbons (Fsp3) is 0.833. The Morgan fingerprint density at radius 3 is 2.58 bits per heavy atom. The van der Waals surface area contributed by atoms with Gasteiger partial charge in [0.1, 0.15) is 0 Å². The Morgan fingerprint density at radius 1 is 1.75 bits per heavy atom. The van der Waals surface area contributed by atoms with Crippen LogP contribution in [0.15, 0.2) is 0 Å². The quantitative estimate of drug-likeness (QED) is 0.357. The second-order valence-corrected chi connectivity index (χ2v) is 2.22. The molecule has 0 bridgehead atoms. The molecule has 70 valence electrons. The lowest BCUT2D eigenvalue weighted by Crippen LogP contribution is -2.38. The van der Waals surface area contributed by atoms with Gasteiger partial charge in [-0.15, -0.1) is 0 Å². The molecule has 0 saturated carbocycles. The zero-order chi connectivity index (χ0) is 9.72. The molecule has 0 fully saturated rings. The van der Waals surface area contributed by atoms with Crippen LogP contribution in [0.3, 0.4) is 0 Å². The molecule has 1 N–H and O–H groups in total. The van der Waals surface area contributed by atoms with Crippen LogP contribution < -0.4 is 0 Å². The van der Waals surface area contributed by atoms with Crippen LogP contribution in [0.1, 0.15) is 13.8 Å². The second kappa shape index (κ2) is 4.66. The van der Waals surface area contributed by atoms with E-state index in [9.17, 15) is 14.9 Å². The lowest BCUT2D eigenvalue weighted by molar-refractivity contribution is -0.527. The van der Waals surface area contributed by atoms with Gasteiger partial charge in [-0.25, -0.2) is 4.79 Å². The third-order valence-electron chi connectivity index (χ3n) is 1.32. The lowest BCUT2D eigenvalue weighted by atomic mass is 10.2. The summed E-state index contributed by atoms with van der Waals surface area (Å²) in [5, 5.41) is 19.1. The molecule has 0 saturated heterocycles. The van der Waals surface area contributed by atoms with Gasteiger partial charge in [-0.3, -0.25) is 10.1 Å². The summed E-state index contributed by atoms with van der Waals surface area (Å²) in [7, 11) is 0. The number of hydrogen-bond donors (Lipinski definition) is 1. The molecule has 0 spiro atoms. The number of carbonyl (C=O) groups is 1. The Morgan fingerprint density at radius 2 is 2.25 bits per heavy atom. The van der Waals surface area contributed by atoms with E-state index in [4.69, 9.17) is 5.11 Å². The Balaban J connectivity index is 4.09. The Bertz CT molecular complexity index is 181. The highest BCUT2D eigenvalue weighted by Crippen LogP contribution is 1.99. The monoisotopic (exact) mass is 177 g/mol. The van der Waals surface area contributed by atoms with E-state index in [1.807, 2.05) is 0 Å². The molecule has 0 aliphatic carbocycles. The van der Waals surface area contributed by atoms with Crippen molar-refractivity contribution in [3.05, 3.63) is 10.1 Å². The van der Waals surface area contributed by atoms with Crippen LogP contribution in [0.25, 0.3) is 0 Å². The maximum absolute atomic E-state index is 10.7. The largest absolute Gasteiger partial charge is 0.464 e. The summed E-state index contributed by atoms with van der Waals surface area (Å²) in [6, 6.07) is -1.33. The molecular formula is C6H11NO5. The zero-order valence-electron chi connectivity index (χ0n) is 6.89. The second-order valence-electron chi connectivity index (χ2n) is 2.22. The molecule has 0 aliphatic rings. The van der Waals surface area contributed by atoms with Crippen molar-refractivity contribution in [3.63, 3.8) is 0 Å². The van der Waals surface area contributed by atoms with Crippen LogP contribution in [-0.2, 0) is 9.53 Å². The summed E-state index contributed by atoms with van der Waals surface area (Å²) >= 11 is 0. The minimum atomic E-state index is -1.68. The van der Waals surface area contributed by atoms with E-state index in [1.54, 1.807) is 6.92 Å². The van der Waals surface area contributed by atoms with Gasteiger partial charge in [0.25, 0.3) is 0 Å². The van der Waals surface area contributed by atoms with Crippen LogP contribution >= 0.6 is 0 Å². The molecule has 2 unspecified atom stereocenters. The van der Waals surface area contributed by atoms with E-state index in [0.717, 1.165) is 6.92 Å². The van der Waals surface area contributed by atoms with Gasteiger partial charge in [0.15, 0.2) is 0 Å². The molecule has 0 amide bonds. The number of nitrogens with zero attached hydrogens (tertiary/aromatic N) is 1. The number of ether oxygens (including phenoxy) is 1. The van der Waals surface area contributed by atoms with Gasteiger partial charge < -0.3 is 9.84 Å². The van der Waals surface area contributed by atoms with Crippen LogP contribution in [0.4, 0.5) is 0 Å². The van der Waals surface area contributed by atoms with Gasteiger partial charge >= 0.3 is 5.97 Å². The number of aliphatic hydroxyl groups excluding tert-OH is 1. The van der Waals surface area contributed by atoms with Gasteiger partial charge in [-0.2, -0.15) is 0 Å². The molecule has 6 nitrogen and oxygen atoms in total. The molecular weight excluding hydrogens is 166 g/mol. The number of esters is 1.